The maximum Gasteiger partial charge on any atom is 0.124 e. The van der Waals surface area contributed by atoms with Gasteiger partial charge in [-0.25, -0.2) is 4.39 Å². The van der Waals surface area contributed by atoms with E-state index < -0.39 is 0 Å². The monoisotopic (exact) mass is 336 g/mol. The van der Waals surface area contributed by atoms with E-state index in [0.717, 1.165) is 37.4 Å². The summed E-state index contributed by atoms with van der Waals surface area (Å²) in [5.41, 5.74) is 1.98. The van der Waals surface area contributed by atoms with Crippen LogP contribution in [0.3, 0.4) is 0 Å². The number of halogens is 2. The molecule has 124 valence electrons. The van der Waals surface area contributed by atoms with Gasteiger partial charge in [-0.2, -0.15) is 0 Å². The molecule has 0 atom stereocenters. The predicted molar refractivity (Wildman–Crippen MR) is 92.4 cm³/mol. The maximum absolute atomic E-state index is 13.0. The lowest BCUT2D eigenvalue weighted by molar-refractivity contribution is 0.306. The van der Waals surface area contributed by atoms with Crippen LogP contribution in [0.25, 0.3) is 0 Å². The van der Waals surface area contributed by atoms with Crippen molar-refractivity contribution in [2.24, 2.45) is 0 Å². The van der Waals surface area contributed by atoms with Gasteiger partial charge in [-0.1, -0.05) is 29.8 Å². The Kier molecular flexibility index (Phi) is 7.33. The van der Waals surface area contributed by atoms with E-state index in [1.165, 1.54) is 17.7 Å². The first-order chi connectivity index (χ1) is 11.2. The number of nitrogens with one attached hydrogen (secondary N) is 2. The molecular weight excluding hydrogens is 315 g/mol. The van der Waals surface area contributed by atoms with Crippen LogP contribution in [0.4, 0.5) is 4.39 Å². The highest BCUT2D eigenvalue weighted by molar-refractivity contribution is 6.31. The van der Waals surface area contributed by atoms with Crippen LogP contribution in [-0.2, 0) is 13.2 Å². The van der Waals surface area contributed by atoms with Gasteiger partial charge in [0.05, 0.1) is 5.02 Å². The van der Waals surface area contributed by atoms with Crippen molar-refractivity contribution in [2.75, 3.05) is 20.1 Å². The average molecular weight is 337 g/mol. The second kappa shape index (κ2) is 9.50. The van der Waals surface area contributed by atoms with Gasteiger partial charge in [-0.3, -0.25) is 0 Å². The summed E-state index contributed by atoms with van der Waals surface area (Å²) < 4.78 is 18.7. The lowest BCUT2D eigenvalue weighted by atomic mass is 10.2. The van der Waals surface area contributed by atoms with Crippen LogP contribution in [0.15, 0.2) is 42.5 Å². The van der Waals surface area contributed by atoms with E-state index in [1.807, 2.05) is 31.3 Å². The molecule has 0 aliphatic carbocycles. The van der Waals surface area contributed by atoms with E-state index in [1.54, 1.807) is 6.07 Å². The molecule has 0 bridgehead atoms. The molecule has 0 aromatic heterocycles. The molecule has 2 aromatic rings. The summed E-state index contributed by atoms with van der Waals surface area (Å²) in [7, 11) is 1.96. The number of benzene rings is 2. The summed E-state index contributed by atoms with van der Waals surface area (Å²) in [6.07, 6.45) is 1.11. The van der Waals surface area contributed by atoms with Crippen molar-refractivity contribution in [1.29, 1.82) is 0 Å². The van der Waals surface area contributed by atoms with Gasteiger partial charge in [0.2, 0.25) is 0 Å². The Labute approximate surface area is 141 Å². The van der Waals surface area contributed by atoms with E-state index in [9.17, 15) is 4.39 Å². The first kappa shape index (κ1) is 17.7. The molecule has 23 heavy (non-hydrogen) atoms. The Hall–Kier alpha value is -1.62. The zero-order chi connectivity index (χ0) is 16.5. The molecule has 5 heteroatoms. The van der Waals surface area contributed by atoms with Gasteiger partial charge in [0.1, 0.15) is 18.2 Å². The molecule has 3 nitrogen and oxygen atoms in total. The van der Waals surface area contributed by atoms with E-state index in [0.29, 0.717) is 11.6 Å². The fourth-order valence-electron chi connectivity index (χ4n) is 2.13. The van der Waals surface area contributed by atoms with Crippen molar-refractivity contribution < 1.29 is 9.13 Å². The Bertz CT molecular complexity index is 604. The van der Waals surface area contributed by atoms with E-state index in [-0.39, 0.29) is 5.82 Å². The first-order valence-corrected chi connectivity index (χ1v) is 8.08. The minimum Gasteiger partial charge on any atom is -0.489 e. The number of ether oxygens (including phenoxy) is 1. The normalized spacial score (nSPS) is 10.7. The molecule has 0 radical (unpaired) electrons. The summed E-state index contributed by atoms with van der Waals surface area (Å²) in [6, 6.07) is 12.3. The Morgan fingerprint density at radius 1 is 1.09 bits per heavy atom. The summed E-state index contributed by atoms with van der Waals surface area (Å²) in [5, 5.41) is 6.90. The van der Waals surface area contributed by atoms with Crippen molar-refractivity contribution in [3.05, 3.63) is 64.4 Å². The van der Waals surface area contributed by atoms with Gasteiger partial charge in [0, 0.05) is 12.1 Å². The molecule has 0 aliphatic heterocycles. The van der Waals surface area contributed by atoms with Crippen LogP contribution in [0.1, 0.15) is 17.5 Å². The summed E-state index contributed by atoms with van der Waals surface area (Å²) in [4.78, 5) is 0. The molecule has 0 spiro atoms. The van der Waals surface area contributed by atoms with Crippen LogP contribution in [0.5, 0.6) is 5.75 Å². The van der Waals surface area contributed by atoms with E-state index >= 15 is 0 Å². The summed E-state index contributed by atoms with van der Waals surface area (Å²) >= 11 is 5.98. The van der Waals surface area contributed by atoms with Crippen LogP contribution in [-0.4, -0.2) is 20.1 Å². The number of hydrogen-bond donors (Lipinski definition) is 2. The standard InChI is InChI=1S/C18H22ClFN2O/c1-21-9-2-10-22-12-14-3-7-17(8-4-14)23-13-15-5-6-16(20)11-18(15)19/h3-8,11,21-22H,2,9-10,12-13H2,1H3. The van der Waals surface area contributed by atoms with Crippen molar-refractivity contribution in [3.63, 3.8) is 0 Å². The van der Waals surface area contributed by atoms with Gasteiger partial charge in [0.15, 0.2) is 0 Å². The van der Waals surface area contributed by atoms with Crippen molar-refractivity contribution >= 4 is 11.6 Å². The largest absolute Gasteiger partial charge is 0.489 e. The van der Waals surface area contributed by atoms with E-state index in [2.05, 4.69) is 10.6 Å². The highest BCUT2D eigenvalue weighted by Gasteiger charge is 2.03. The minimum atomic E-state index is -0.342. The summed E-state index contributed by atoms with van der Waals surface area (Å²) in [5.74, 6) is 0.426. The Morgan fingerprint density at radius 3 is 2.57 bits per heavy atom. The predicted octanol–water partition coefficient (Wildman–Crippen LogP) is 3.76. The van der Waals surface area contributed by atoms with Gasteiger partial charge in [-0.15, -0.1) is 0 Å². The third-order valence-electron chi connectivity index (χ3n) is 3.44. The van der Waals surface area contributed by atoms with Crippen LogP contribution in [0.2, 0.25) is 5.02 Å². The molecule has 0 aliphatic rings. The minimum absolute atomic E-state index is 0.320. The highest BCUT2D eigenvalue weighted by atomic mass is 35.5. The Morgan fingerprint density at radius 2 is 1.87 bits per heavy atom. The third kappa shape index (κ3) is 6.18. The topological polar surface area (TPSA) is 33.3 Å². The fourth-order valence-corrected chi connectivity index (χ4v) is 2.35. The third-order valence-corrected chi connectivity index (χ3v) is 3.79. The van der Waals surface area contributed by atoms with Crippen molar-refractivity contribution in [2.45, 2.75) is 19.6 Å². The van der Waals surface area contributed by atoms with Gasteiger partial charge in [0.25, 0.3) is 0 Å². The Balaban J connectivity index is 1.78. The lowest BCUT2D eigenvalue weighted by Gasteiger charge is -2.09. The van der Waals surface area contributed by atoms with Crippen molar-refractivity contribution in [1.82, 2.24) is 10.6 Å². The molecule has 0 heterocycles. The lowest BCUT2D eigenvalue weighted by Crippen LogP contribution is -2.19. The molecule has 2 rings (SSSR count). The molecule has 0 amide bonds. The molecule has 2 N–H and O–H groups in total. The quantitative estimate of drug-likeness (QED) is 0.684. The first-order valence-electron chi connectivity index (χ1n) is 7.70. The second-order valence-corrected chi connectivity index (χ2v) is 5.71. The van der Waals surface area contributed by atoms with Crippen LogP contribution >= 0.6 is 11.6 Å². The fraction of sp³-hybridized carbons (Fsp3) is 0.333. The average Bonchev–Trinajstić information content (AvgIpc) is 2.55. The SMILES string of the molecule is CNCCCNCc1ccc(OCc2ccc(F)cc2Cl)cc1. The second-order valence-electron chi connectivity index (χ2n) is 5.30. The summed E-state index contributed by atoms with van der Waals surface area (Å²) in [6.45, 7) is 3.17. The zero-order valence-corrected chi connectivity index (χ0v) is 14.0. The van der Waals surface area contributed by atoms with Crippen LogP contribution < -0.4 is 15.4 Å². The molecule has 0 saturated heterocycles. The van der Waals surface area contributed by atoms with Gasteiger partial charge in [-0.05, 0) is 56.4 Å². The molecule has 0 unspecified atom stereocenters. The highest BCUT2D eigenvalue weighted by Crippen LogP contribution is 2.20. The van der Waals surface area contributed by atoms with Gasteiger partial charge >= 0.3 is 0 Å². The zero-order valence-electron chi connectivity index (χ0n) is 13.2. The number of hydrogen-bond acceptors (Lipinski definition) is 3. The smallest absolute Gasteiger partial charge is 0.124 e. The van der Waals surface area contributed by atoms with E-state index in [4.69, 9.17) is 16.3 Å². The van der Waals surface area contributed by atoms with Crippen LogP contribution in [0, 0.1) is 5.82 Å². The van der Waals surface area contributed by atoms with Crippen molar-refractivity contribution in [3.8, 4) is 5.75 Å². The molecular formula is C18H22ClFN2O. The maximum atomic E-state index is 13.0. The molecule has 0 fully saturated rings. The molecule has 2 aromatic carbocycles. The van der Waals surface area contributed by atoms with Gasteiger partial charge < -0.3 is 15.4 Å². The number of rotatable bonds is 9. The molecule has 0 saturated carbocycles.